The second-order valence-corrected chi connectivity index (χ2v) is 10.3. The number of hydrogen-bond acceptors (Lipinski definition) is 5. The summed E-state index contributed by atoms with van der Waals surface area (Å²) in [6.45, 7) is 8.46. The van der Waals surface area contributed by atoms with Crippen molar-refractivity contribution in [3.8, 4) is 11.5 Å². The summed E-state index contributed by atoms with van der Waals surface area (Å²) in [4.78, 5) is 21.9. The zero-order chi connectivity index (χ0) is 24.8. The number of methoxy groups -OCH3 is 1. The first-order valence-corrected chi connectivity index (χ1v) is 11.8. The topological polar surface area (TPSA) is 84.8 Å². The van der Waals surface area contributed by atoms with Gasteiger partial charge in [0.25, 0.3) is 0 Å². The van der Waals surface area contributed by atoms with Crippen LogP contribution in [-0.2, 0) is 12.8 Å². The van der Waals surface area contributed by atoms with E-state index in [-0.39, 0.29) is 17.2 Å². The van der Waals surface area contributed by atoms with Crippen LogP contribution in [0.25, 0.3) is 0 Å². The van der Waals surface area contributed by atoms with Crippen molar-refractivity contribution in [2.75, 3.05) is 17.7 Å². The highest BCUT2D eigenvalue weighted by molar-refractivity contribution is 6.16. The number of benzene rings is 2. The second kappa shape index (κ2) is 8.41. The maximum absolute atomic E-state index is 12.5. The van der Waals surface area contributed by atoms with Gasteiger partial charge in [0, 0.05) is 35.0 Å². The molecule has 2 aliphatic rings. The predicted molar refractivity (Wildman–Crippen MR) is 138 cm³/mol. The Morgan fingerprint density at radius 1 is 1.03 bits per heavy atom. The normalized spacial score (nSPS) is 16.9. The summed E-state index contributed by atoms with van der Waals surface area (Å²) >= 11 is 0. The highest BCUT2D eigenvalue weighted by atomic mass is 16.5. The quantitative estimate of drug-likeness (QED) is 0.518. The molecule has 0 bridgehead atoms. The third-order valence-electron chi connectivity index (χ3n) is 6.20. The summed E-state index contributed by atoms with van der Waals surface area (Å²) in [6, 6.07) is 14.9. The Morgan fingerprint density at radius 3 is 2.60 bits per heavy atom. The maximum Gasteiger partial charge on any atom is 0.324 e. The molecule has 2 N–H and O–H groups in total. The number of anilines is 2. The summed E-state index contributed by atoms with van der Waals surface area (Å²) in [5.41, 5.74) is 5.35. The van der Waals surface area contributed by atoms with Gasteiger partial charge in [-0.05, 0) is 70.0 Å². The molecule has 3 heterocycles. The van der Waals surface area contributed by atoms with Gasteiger partial charge in [-0.1, -0.05) is 18.2 Å². The van der Waals surface area contributed by atoms with Crippen LogP contribution in [0.3, 0.4) is 0 Å². The van der Waals surface area contributed by atoms with E-state index < -0.39 is 0 Å². The molecule has 2 aliphatic heterocycles. The molecular formula is C28H30N4O3. The number of ether oxygens (including phenoxy) is 2. The predicted octanol–water partition coefficient (Wildman–Crippen LogP) is 5.62. The van der Waals surface area contributed by atoms with Crippen molar-refractivity contribution in [1.82, 2.24) is 4.98 Å². The van der Waals surface area contributed by atoms with Gasteiger partial charge in [-0.15, -0.1) is 0 Å². The smallest absolute Gasteiger partial charge is 0.324 e. The fourth-order valence-corrected chi connectivity index (χ4v) is 4.89. The molecule has 1 aromatic heterocycles. The van der Waals surface area contributed by atoms with Gasteiger partial charge in [0.15, 0.2) is 11.5 Å². The van der Waals surface area contributed by atoms with Gasteiger partial charge in [0.05, 0.1) is 18.4 Å². The van der Waals surface area contributed by atoms with Crippen LogP contribution in [0.4, 0.5) is 16.3 Å². The number of carbonyl (C=O) groups is 1. The van der Waals surface area contributed by atoms with E-state index in [0.717, 1.165) is 46.7 Å². The van der Waals surface area contributed by atoms with Crippen LogP contribution >= 0.6 is 0 Å². The first-order chi connectivity index (χ1) is 16.6. The molecule has 2 aromatic carbocycles. The van der Waals surface area contributed by atoms with Gasteiger partial charge < -0.3 is 14.8 Å². The first-order valence-electron chi connectivity index (χ1n) is 11.8. The van der Waals surface area contributed by atoms with E-state index in [1.54, 1.807) is 25.4 Å². The lowest BCUT2D eigenvalue weighted by Crippen LogP contribution is -2.30. The number of hydrogen-bond donors (Lipinski definition) is 2. The highest BCUT2D eigenvalue weighted by Crippen LogP contribution is 2.47. The lowest BCUT2D eigenvalue weighted by Gasteiger charge is -2.31. The Hall–Kier alpha value is -3.87. The highest BCUT2D eigenvalue weighted by Gasteiger charge is 2.39. The molecule has 0 saturated carbocycles. The van der Waals surface area contributed by atoms with Crippen molar-refractivity contribution in [3.63, 3.8) is 0 Å². The van der Waals surface area contributed by atoms with Crippen molar-refractivity contribution in [2.45, 2.75) is 51.7 Å². The molecule has 3 aromatic rings. The molecule has 0 unspecified atom stereocenters. The van der Waals surface area contributed by atoms with Crippen molar-refractivity contribution < 1.29 is 14.3 Å². The molecule has 0 aliphatic carbocycles. The summed E-state index contributed by atoms with van der Waals surface area (Å²) in [5, 5.41) is 5.66. The van der Waals surface area contributed by atoms with E-state index in [4.69, 9.17) is 14.5 Å². The van der Waals surface area contributed by atoms with Crippen LogP contribution < -0.4 is 20.1 Å². The summed E-state index contributed by atoms with van der Waals surface area (Å²) in [6.07, 6.45) is 3.21. The Balaban J connectivity index is 1.53. The standard InChI is InChI=1S/C28H30N4O3/c1-27(2)15-18-14-21(34-5)25-20(16-28(3,4)35-25)23(18)24(32-27)17-9-8-10-19(13-17)30-26(33)31-22-11-6-7-12-29-22/h6-14H,15-16H2,1-5H3,(H2,29,30,31,33). The summed E-state index contributed by atoms with van der Waals surface area (Å²) < 4.78 is 12.0. The number of rotatable bonds is 4. The fraction of sp³-hybridized carbons (Fsp3) is 0.321. The van der Waals surface area contributed by atoms with E-state index in [1.165, 1.54) is 5.56 Å². The molecule has 0 fully saturated rings. The van der Waals surface area contributed by atoms with Gasteiger partial charge in [0.1, 0.15) is 11.4 Å². The Morgan fingerprint density at radius 2 is 1.86 bits per heavy atom. The minimum atomic E-state index is -0.354. The van der Waals surface area contributed by atoms with E-state index in [2.05, 4.69) is 49.4 Å². The van der Waals surface area contributed by atoms with Gasteiger partial charge in [0.2, 0.25) is 0 Å². The average molecular weight is 471 g/mol. The second-order valence-electron chi connectivity index (χ2n) is 10.3. The van der Waals surface area contributed by atoms with Crippen molar-refractivity contribution in [3.05, 3.63) is 77.0 Å². The molecule has 7 nitrogen and oxygen atoms in total. The monoisotopic (exact) mass is 470 g/mol. The third-order valence-corrected chi connectivity index (χ3v) is 6.20. The summed E-state index contributed by atoms with van der Waals surface area (Å²) in [7, 11) is 1.69. The molecule has 0 atom stereocenters. The largest absolute Gasteiger partial charge is 0.493 e. The minimum absolute atomic E-state index is 0.281. The molecule has 7 heteroatoms. The van der Waals surface area contributed by atoms with E-state index in [0.29, 0.717) is 11.5 Å². The number of aliphatic imine (C=N–C) groups is 1. The Kier molecular flexibility index (Phi) is 5.50. The van der Waals surface area contributed by atoms with Crippen LogP contribution in [-0.4, -0.2) is 35.0 Å². The fourth-order valence-electron chi connectivity index (χ4n) is 4.89. The molecule has 0 spiro atoms. The number of carbonyl (C=O) groups excluding carboxylic acids is 1. The van der Waals surface area contributed by atoms with Gasteiger partial charge >= 0.3 is 6.03 Å². The Labute approximate surface area is 205 Å². The number of pyridine rings is 1. The molecule has 5 rings (SSSR count). The number of nitrogens with zero attached hydrogens (tertiary/aromatic N) is 2. The number of amides is 2. The van der Waals surface area contributed by atoms with Crippen LogP contribution in [0, 0.1) is 0 Å². The van der Waals surface area contributed by atoms with Gasteiger partial charge in [-0.25, -0.2) is 9.78 Å². The van der Waals surface area contributed by atoms with E-state index in [9.17, 15) is 4.79 Å². The van der Waals surface area contributed by atoms with Crippen LogP contribution in [0.2, 0.25) is 0 Å². The van der Waals surface area contributed by atoms with Gasteiger partial charge in [-0.3, -0.25) is 10.3 Å². The number of fused-ring (bicyclic) bond motifs is 3. The average Bonchev–Trinajstić information content (AvgIpc) is 3.12. The molecular weight excluding hydrogens is 440 g/mol. The molecule has 0 saturated heterocycles. The zero-order valence-corrected chi connectivity index (χ0v) is 20.7. The summed E-state index contributed by atoms with van der Waals surface area (Å²) in [5.74, 6) is 2.05. The SMILES string of the molecule is COc1cc2c(c3c1OC(C)(C)C3)C(c1cccc(NC(=O)Nc3ccccn3)c1)=NC(C)(C)C2. The molecule has 0 radical (unpaired) electrons. The molecule has 180 valence electrons. The van der Waals surface area contributed by atoms with Crippen LogP contribution in [0.1, 0.15) is 49.9 Å². The van der Waals surface area contributed by atoms with Crippen molar-refractivity contribution in [2.24, 2.45) is 4.99 Å². The number of urea groups is 1. The number of nitrogens with one attached hydrogen (secondary N) is 2. The van der Waals surface area contributed by atoms with E-state index in [1.807, 2.05) is 30.3 Å². The van der Waals surface area contributed by atoms with Crippen molar-refractivity contribution in [1.29, 1.82) is 0 Å². The molecule has 35 heavy (non-hydrogen) atoms. The lowest BCUT2D eigenvalue weighted by atomic mass is 9.81. The lowest BCUT2D eigenvalue weighted by molar-refractivity contribution is 0.134. The van der Waals surface area contributed by atoms with Crippen LogP contribution in [0.15, 0.2) is 59.7 Å². The molecule has 2 amide bonds. The van der Waals surface area contributed by atoms with Crippen molar-refractivity contribution >= 4 is 23.2 Å². The Bertz CT molecular complexity index is 1330. The first kappa shape index (κ1) is 22.9. The van der Waals surface area contributed by atoms with Crippen LogP contribution in [0.5, 0.6) is 11.5 Å². The number of aromatic nitrogens is 1. The van der Waals surface area contributed by atoms with E-state index >= 15 is 0 Å². The minimum Gasteiger partial charge on any atom is -0.493 e. The van der Waals surface area contributed by atoms with Gasteiger partial charge in [-0.2, -0.15) is 0 Å². The maximum atomic E-state index is 12.5. The third kappa shape index (κ3) is 4.58. The zero-order valence-electron chi connectivity index (χ0n) is 20.7.